The van der Waals surface area contributed by atoms with Crippen LogP contribution in [0, 0.1) is 11.8 Å². The Morgan fingerprint density at radius 1 is 1.43 bits per heavy atom. The minimum atomic E-state index is -0.767. The van der Waals surface area contributed by atoms with Gasteiger partial charge in [0.15, 0.2) is 11.6 Å². The molecule has 2 unspecified atom stereocenters. The molecule has 6 heteroatoms. The van der Waals surface area contributed by atoms with E-state index >= 15 is 0 Å². The number of allylic oxidation sites excluding steroid dienone is 2. The van der Waals surface area contributed by atoms with E-state index in [9.17, 15) is 14.4 Å². The zero-order valence-corrected chi connectivity index (χ0v) is 14.2. The van der Waals surface area contributed by atoms with Crippen LogP contribution in [0.3, 0.4) is 0 Å². The van der Waals surface area contributed by atoms with Crippen molar-refractivity contribution in [3.05, 3.63) is 12.2 Å². The first kappa shape index (κ1) is 17.9. The molecule has 1 saturated heterocycles. The van der Waals surface area contributed by atoms with Crippen LogP contribution in [-0.2, 0) is 14.3 Å². The van der Waals surface area contributed by atoms with E-state index < -0.39 is 11.5 Å². The van der Waals surface area contributed by atoms with Gasteiger partial charge < -0.3 is 9.64 Å². The second kappa shape index (κ2) is 6.60. The van der Waals surface area contributed by atoms with Crippen molar-refractivity contribution >= 4 is 25.2 Å². The maximum Gasteiger partial charge on any atom is 0.200 e. The first-order valence-electron chi connectivity index (χ1n) is 8.15. The molecule has 2 aliphatic rings. The smallest absolute Gasteiger partial charge is 0.200 e. The number of rotatable bonds is 4. The van der Waals surface area contributed by atoms with Gasteiger partial charge in [-0.25, -0.2) is 0 Å². The zero-order valence-electron chi connectivity index (χ0n) is 14.2. The summed E-state index contributed by atoms with van der Waals surface area (Å²) in [5.74, 6) is -0.848. The van der Waals surface area contributed by atoms with Gasteiger partial charge in [0.05, 0.1) is 12.1 Å². The van der Waals surface area contributed by atoms with Gasteiger partial charge in [-0.1, -0.05) is 13.0 Å². The first-order chi connectivity index (χ1) is 10.7. The van der Waals surface area contributed by atoms with Gasteiger partial charge in [-0.3, -0.25) is 14.4 Å². The van der Waals surface area contributed by atoms with Crippen LogP contribution in [0.5, 0.6) is 0 Å². The van der Waals surface area contributed by atoms with E-state index in [4.69, 9.17) is 12.6 Å². The van der Waals surface area contributed by atoms with Crippen molar-refractivity contribution in [1.82, 2.24) is 4.90 Å². The van der Waals surface area contributed by atoms with Crippen molar-refractivity contribution in [2.45, 2.75) is 64.8 Å². The highest BCUT2D eigenvalue weighted by molar-refractivity contribution is 6.57. The highest BCUT2D eigenvalue weighted by Crippen LogP contribution is 2.39. The van der Waals surface area contributed by atoms with Crippen molar-refractivity contribution in [3.8, 4) is 0 Å². The second-order valence-corrected chi connectivity index (χ2v) is 6.93. The lowest BCUT2D eigenvalue weighted by atomic mass is 9.77. The number of amides is 1. The Balaban J connectivity index is 2.21. The van der Waals surface area contributed by atoms with Crippen molar-refractivity contribution in [3.63, 3.8) is 0 Å². The molecule has 23 heavy (non-hydrogen) atoms. The third-order valence-corrected chi connectivity index (χ3v) is 4.93. The highest BCUT2D eigenvalue weighted by Gasteiger charge is 2.48. The monoisotopic (exact) mass is 317 g/mol. The second-order valence-electron chi connectivity index (χ2n) is 6.93. The fourth-order valence-electron chi connectivity index (χ4n) is 3.91. The summed E-state index contributed by atoms with van der Waals surface area (Å²) in [7, 11) is 5.52. The number of carbonyl (C=O) groups is 3. The number of Topliss-reactive ketones (excluding diaryl/α,β-unsaturated/α-hetero) is 1. The van der Waals surface area contributed by atoms with Gasteiger partial charge in [-0.2, -0.15) is 0 Å². The van der Waals surface area contributed by atoms with Gasteiger partial charge in [-0.05, 0) is 45.6 Å². The quantitative estimate of drug-likeness (QED) is 0.746. The van der Waals surface area contributed by atoms with E-state index in [-0.39, 0.29) is 42.0 Å². The van der Waals surface area contributed by atoms with Crippen LogP contribution in [0.15, 0.2) is 12.2 Å². The molecule has 1 fully saturated rings. The molecule has 0 aromatic rings. The predicted octanol–water partition coefficient (Wildman–Crippen LogP) is 2.23. The summed E-state index contributed by atoms with van der Waals surface area (Å²) in [6.45, 7) is 7.16. The molecule has 2 radical (unpaired) electrons. The highest BCUT2D eigenvalue weighted by atomic mass is 16.5. The molecule has 0 aromatic carbocycles. The first-order valence-corrected chi connectivity index (χ1v) is 8.15. The molecule has 1 amide bonds. The molecular weight excluding hydrogens is 293 g/mol. The van der Waals surface area contributed by atoms with Crippen LogP contribution in [0.25, 0.3) is 0 Å². The van der Waals surface area contributed by atoms with Crippen molar-refractivity contribution < 1.29 is 19.1 Å². The number of ketones is 2. The predicted molar refractivity (Wildman–Crippen MR) is 87.1 cm³/mol. The molecule has 1 aliphatic carbocycles. The molecule has 2 rings (SSSR count). The largest absolute Gasteiger partial charge is 0.351 e. The van der Waals surface area contributed by atoms with Gasteiger partial charge in [0.1, 0.15) is 11.5 Å². The van der Waals surface area contributed by atoms with Gasteiger partial charge >= 0.3 is 0 Å². The molecular formula is C17H24BNO4. The summed E-state index contributed by atoms with van der Waals surface area (Å²) >= 11 is 0. The lowest BCUT2D eigenvalue weighted by Crippen LogP contribution is -2.47. The minimum absolute atomic E-state index is 0.0140. The van der Waals surface area contributed by atoms with Crippen molar-refractivity contribution in [1.29, 1.82) is 0 Å². The SMILES string of the molecule is [B]C(=O)N1[C@@H](CC)[C@@H](CC2C=CC(=O)CC2C(C)=O)OC1(C)C. The summed E-state index contributed by atoms with van der Waals surface area (Å²) in [6.07, 6.45) is 4.73. The van der Waals surface area contributed by atoms with Gasteiger partial charge in [0, 0.05) is 12.3 Å². The van der Waals surface area contributed by atoms with Crippen molar-refractivity contribution in [2.24, 2.45) is 11.8 Å². The van der Waals surface area contributed by atoms with E-state index in [0.717, 1.165) is 6.42 Å². The topological polar surface area (TPSA) is 63.7 Å². The zero-order chi connectivity index (χ0) is 17.4. The average Bonchev–Trinajstić information content (AvgIpc) is 2.70. The molecule has 5 nitrogen and oxygen atoms in total. The Morgan fingerprint density at radius 2 is 2.09 bits per heavy atom. The van der Waals surface area contributed by atoms with Gasteiger partial charge in [-0.15, -0.1) is 0 Å². The fourth-order valence-corrected chi connectivity index (χ4v) is 3.91. The average molecular weight is 317 g/mol. The van der Waals surface area contributed by atoms with Crippen LogP contribution in [0.4, 0.5) is 4.79 Å². The van der Waals surface area contributed by atoms with E-state index in [1.54, 1.807) is 11.0 Å². The summed E-state index contributed by atoms with van der Waals surface area (Å²) < 4.78 is 6.08. The maximum absolute atomic E-state index is 11.9. The molecule has 0 saturated carbocycles. The van der Waals surface area contributed by atoms with Crippen LogP contribution in [0.1, 0.15) is 47.0 Å². The lowest BCUT2D eigenvalue weighted by molar-refractivity contribution is -0.127. The molecule has 0 N–H and O–H groups in total. The standard InChI is InChI=1S/C17H24BNO4/c1-5-14-15(23-17(3,4)19(14)16(18)22)8-11-6-7-12(21)9-13(11)10(2)20/h6-7,11,13-15H,5,8-9H2,1-4H3/t11?,13?,14-,15+/m0/s1. The molecule has 124 valence electrons. The Kier molecular flexibility index (Phi) is 5.14. The third-order valence-electron chi connectivity index (χ3n) is 4.93. The van der Waals surface area contributed by atoms with Gasteiger partial charge in [0.2, 0.25) is 7.85 Å². The third kappa shape index (κ3) is 3.57. The van der Waals surface area contributed by atoms with Crippen LogP contribution < -0.4 is 0 Å². The summed E-state index contributed by atoms with van der Waals surface area (Å²) in [4.78, 5) is 36.8. The molecule has 0 spiro atoms. The molecule has 0 aromatic heterocycles. The fraction of sp³-hybridized carbons (Fsp3) is 0.706. The number of hydrogen-bond acceptors (Lipinski definition) is 4. The molecule has 0 bridgehead atoms. The Hall–Kier alpha value is -1.43. The number of ether oxygens (including phenoxy) is 1. The van der Waals surface area contributed by atoms with Crippen LogP contribution in [-0.4, -0.2) is 48.0 Å². The lowest BCUT2D eigenvalue weighted by Gasteiger charge is -2.33. The molecule has 1 heterocycles. The normalized spacial score (nSPS) is 33.0. The summed E-state index contributed by atoms with van der Waals surface area (Å²) in [5.41, 5.74) is -0.767. The maximum atomic E-state index is 11.9. The summed E-state index contributed by atoms with van der Waals surface area (Å²) in [5, 5.41) is 0. The molecule has 4 atom stereocenters. The Morgan fingerprint density at radius 3 is 2.61 bits per heavy atom. The van der Waals surface area contributed by atoms with E-state index in [0.29, 0.717) is 6.42 Å². The molecule has 1 aliphatic heterocycles. The number of carbonyl (C=O) groups excluding carboxylic acids is 3. The minimum Gasteiger partial charge on any atom is -0.351 e. The van der Waals surface area contributed by atoms with Crippen LogP contribution >= 0.6 is 0 Å². The van der Waals surface area contributed by atoms with Gasteiger partial charge in [0.25, 0.3) is 0 Å². The number of hydrogen-bond donors (Lipinski definition) is 0. The van der Waals surface area contributed by atoms with E-state index in [2.05, 4.69) is 0 Å². The van der Waals surface area contributed by atoms with E-state index in [1.807, 2.05) is 26.8 Å². The number of nitrogens with zero attached hydrogens (tertiary/aromatic N) is 1. The van der Waals surface area contributed by atoms with E-state index in [1.165, 1.54) is 6.92 Å². The van der Waals surface area contributed by atoms with Crippen molar-refractivity contribution in [2.75, 3.05) is 0 Å². The van der Waals surface area contributed by atoms with Crippen LogP contribution in [0.2, 0.25) is 0 Å². The summed E-state index contributed by atoms with van der Waals surface area (Å²) in [6, 6.07) is -0.124. The Bertz CT molecular complexity index is 543. The Labute approximate surface area is 138 Å².